The second kappa shape index (κ2) is 3.35. The highest BCUT2D eigenvalue weighted by atomic mass is 16.5. The lowest BCUT2D eigenvalue weighted by atomic mass is 10.1. The van der Waals surface area contributed by atoms with Crippen molar-refractivity contribution in [1.82, 2.24) is 9.97 Å². The Morgan fingerprint density at radius 1 is 1.00 bits per heavy atom. The van der Waals surface area contributed by atoms with Crippen LogP contribution in [0.5, 0.6) is 11.6 Å². The largest absolute Gasteiger partial charge is 0.437 e. The third-order valence-corrected chi connectivity index (χ3v) is 2.55. The minimum atomic E-state index is 0.641. The van der Waals surface area contributed by atoms with Crippen molar-refractivity contribution in [3.8, 4) is 11.6 Å². The summed E-state index contributed by atoms with van der Waals surface area (Å²) >= 11 is 0. The van der Waals surface area contributed by atoms with E-state index < -0.39 is 0 Å². The Kier molecular flexibility index (Phi) is 1.88. The van der Waals surface area contributed by atoms with Crippen LogP contribution in [0.4, 0.5) is 0 Å². The van der Waals surface area contributed by atoms with Gasteiger partial charge in [-0.3, -0.25) is 4.98 Å². The van der Waals surface area contributed by atoms with Crippen molar-refractivity contribution in [2.75, 3.05) is 0 Å². The number of rotatable bonds is 0. The summed E-state index contributed by atoms with van der Waals surface area (Å²) < 4.78 is 5.73. The number of para-hydroxylation sites is 1. The molecule has 3 heteroatoms. The van der Waals surface area contributed by atoms with E-state index in [2.05, 4.69) is 16.0 Å². The van der Waals surface area contributed by atoms with Crippen LogP contribution in [0.15, 0.2) is 36.7 Å². The van der Waals surface area contributed by atoms with Gasteiger partial charge in [-0.1, -0.05) is 18.2 Å². The molecule has 0 N–H and O–H groups in total. The minimum absolute atomic E-state index is 0.641. The Labute approximate surface area is 87.8 Å². The number of ether oxygens (including phenoxy) is 1. The summed E-state index contributed by atoms with van der Waals surface area (Å²) in [6.45, 7) is 0. The third kappa shape index (κ3) is 1.46. The second-order valence-corrected chi connectivity index (χ2v) is 3.52. The molecule has 1 aliphatic heterocycles. The lowest BCUT2D eigenvalue weighted by Crippen LogP contribution is -1.94. The number of fused-ring (bicyclic) bond motifs is 2. The lowest BCUT2D eigenvalue weighted by molar-refractivity contribution is 0.456. The first-order valence-corrected chi connectivity index (χ1v) is 4.99. The molecule has 0 bridgehead atoms. The van der Waals surface area contributed by atoms with Crippen LogP contribution in [0.2, 0.25) is 0 Å². The molecule has 1 aromatic carbocycles. The van der Waals surface area contributed by atoms with Crippen LogP contribution in [0.3, 0.4) is 0 Å². The maximum absolute atomic E-state index is 5.73. The van der Waals surface area contributed by atoms with E-state index >= 15 is 0 Å². The van der Waals surface area contributed by atoms with Gasteiger partial charge in [0.25, 0.3) is 0 Å². The molecule has 1 aliphatic rings. The van der Waals surface area contributed by atoms with Gasteiger partial charge in [-0.05, 0) is 24.5 Å². The van der Waals surface area contributed by atoms with Gasteiger partial charge in [0, 0.05) is 12.4 Å². The molecule has 0 radical (unpaired) electrons. The first-order chi connectivity index (χ1) is 7.43. The van der Waals surface area contributed by atoms with Crippen LogP contribution in [0.25, 0.3) is 0 Å². The molecule has 2 heterocycles. The lowest BCUT2D eigenvalue weighted by Gasteiger charge is -2.05. The molecule has 0 spiro atoms. The number of aromatic nitrogens is 2. The molecule has 15 heavy (non-hydrogen) atoms. The van der Waals surface area contributed by atoms with Crippen LogP contribution in [-0.2, 0) is 12.8 Å². The van der Waals surface area contributed by atoms with Gasteiger partial charge in [-0.25, -0.2) is 4.98 Å². The SMILES string of the molecule is c1ccc2c(c1)CCc1nccnc1O2. The first kappa shape index (κ1) is 8.41. The molecule has 0 aliphatic carbocycles. The van der Waals surface area contributed by atoms with Gasteiger partial charge in [0.15, 0.2) is 0 Å². The van der Waals surface area contributed by atoms with E-state index in [0.29, 0.717) is 5.88 Å². The number of benzene rings is 1. The highest BCUT2D eigenvalue weighted by Gasteiger charge is 2.15. The summed E-state index contributed by atoms with van der Waals surface area (Å²) in [6.07, 6.45) is 5.22. The van der Waals surface area contributed by atoms with E-state index in [4.69, 9.17) is 4.74 Å². The molecule has 1 aromatic heterocycles. The molecule has 3 nitrogen and oxygen atoms in total. The fourth-order valence-electron chi connectivity index (χ4n) is 1.78. The zero-order chi connectivity index (χ0) is 10.1. The molecule has 0 amide bonds. The molecule has 0 saturated heterocycles. The van der Waals surface area contributed by atoms with Gasteiger partial charge in [0.2, 0.25) is 5.88 Å². The summed E-state index contributed by atoms with van der Waals surface area (Å²) in [6, 6.07) is 8.06. The first-order valence-electron chi connectivity index (χ1n) is 4.99. The third-order valence-electron chi connectivity index (χ3n) is 2.55. The van der Waals surface area contributed by atoms with E-state index in [1.807, 2.05) is 18.2 Å². The highest BCUT2D eigenvalue weighted by Crippen LogP contribution is 2.30. The van der Waals surface area contributed by atoms with Crippen molar-refractivity contribution in [3.05, 3.63) is 47.9 Å². The Morgan fingerprint density at radius 2 is 1.87 bits per heavy atom. The topological polar surface area (TPSA) is 35.0 Å². The maximum Gasteiger partial charge on any atom is 0.241 e. The molecule has 0 fully saturated rings. The minimum Gasteiger partial charge on any atom is -0.437 e. The number of aryl methyl sites for hydroxylation is 2. The predicted molar refractivity (Wildman–Crippen MR) is 56.0 cm³/mol. The fourth-order valence-corrected chi connectivity index (χ4v) is 1.78. The Morgan fingerprint density at radius 3 is 2.87 bits per heavy atom. The van der Waals surface area contributed by atoms with E-state index in [-0.39, 0.29) is 0 Å². The average molecular weight is 198 g/mol. The van der Waals surface area contributed by atoms with Crippen molar-refractivity contribution in [1.29, 1.82) is 0 Å². The number of nitrogens with zero attached hydrogens (tertiary/aromatic N) is 2. The number of hydrogen-bond donors (Lipinski definition) is 0. The van der Waals surface area contributed by atoms with Gasteiger partial charge in [-0.15, -0.1) is 0 Å². The highest BCUT2D eigenvalue weighted by molar-refractivity contribution is 5.39. The molecule has 0 saturated carbocycles. The molecule has 2 aromatic rings. The summed E-state index contributed by atoms with van der Waals surface area (Å²) in [5, 5.41) is 0. The fraction of sp³-hybridized carbons (Fsp3) is 0.167. The summed E-state index contributed by atoms with van der Waals surface area (Å²) in [7, 11) is 0. The van der Waals surface area contributed by atoms with Crippen molar-refractivity contribution >= 4 is 0 Å². The molecular formula is C12H10N2O. The van der Waals surface area contributed by atoms with Crippen molar-refractivity contribution in [2.24, 2.45) is 0 Å². The molecule has 0 atom stereocenters. The maximum atomic E-state index is 5.73. The summed E-state index contributed by atoms with van der Waals surface area (Å²) in [4.78, 5) is 8.47. The van der Waals surface area contributed by atoms with Crippen LogP contribution in [0, 0.1) is 0 Å². The average Bonchev–Trinajstić information content (AvgIpc) is 2.48. The van der Waals surface area contributed by atoms with Crippen LogP contribution in [0.1, 0.15) is 11.3 Å². The van der Waals surface area contributed by atoms with E-state index in [1.54, 1.807) is 12.4 Å². The van der Waals surface area contributed by atoms with E-state index in [9.17, 15) is 0 Å². The molecule has 3 rings (SSSR count). The van der Waals surface area contributed by atoms with Gasteiger partial charge in [-0.2, -0.15) is 0 Å². The summed E-state index contributed by atoms with van der Waals surface area (Å²) in [5.41, 5.74) is 2.16. The Balaban J connectivity index is 2.10. The quantitative estimate of drug-likeness (QED) is 0.651. The van der Waals surface area contributed by atoms with Crippen LogP contribution >= 0.6 is 0 Å². The zero-order valence-electron chi connectivity index (χ0n) is 8.18. The van der Waals surface area contributed by atoms with Crippen molar-refractivity contribution in [2.45, 2.75) is 12.8 Å². The standard InChI is InChI=1S/C12H10N2O/c1-2-4-11-9(3-1)5-6-10-12(15-11)14-8-7-13-10/h1-4,7-8H,5-6H2. The normalized spacial score (nSPS) is 13.3. The van der Waals surface area contributed by atoms with Gasteiger partial charge < -0.3 is 4.74 Å². The van der Waals surface area contributed by atoms with E-state index in [0.717, 1.165) is 24.3 Å². The monoisotopic (exact) mass is 198 g/mol. The van der Waals surface area contributed by atoms with Gasteiger partial charge >= 0.3 is 0 Å². The van der Waals surface area contributed by atoms with Crippen LogP contribution in [-0.4, -0.2) is 9.97 Å². The van der Waals surface area contributed by atoms with Crippen LogP contribution < -0.4 is 4.74 Å². The van der Waals surface area contributed by atoms with E-state index in [1.165, 1.54) is 5.56 Å². The second-order valence-electron chi connectivity index (χ2n) is 3.52. The Hall–Kier alpha value is -1.90. The van der Waals surface area contributed by atoms with Crippen molar-refractivity contribution < 1.29 is 4.74 Å². The van der Waals surface area contributed by atoms with Crippen molar-refractivity contribution in [3.63, 3.8) is 0 Å². The number of hydrogen-bond acceptors (Lipinski definition) is 3. The van der Waals surface area contributed by atoms with Gasteiger partial charge in [0.1, 0.15) is 11.4 Å². The molecule has 74 valence electrons. The molecule has 0 unspecified atom stereocenters. The molecular weight excluding hydrogens is 188 g/mol. The predicted octanol–water partition coefficient (Wildman–Crippen LogP) is 2.37. The zero-order valence-corrected chi connectivity index (χ0v) is 8.18. The van der Waals surface area contributed by atoms with Gasteiger partial charge in [0.05, 0.1) is 0 Å². The summed E-state index contributed by atoms with van der Waals surface area (Å²) in [5.74, 6) is 1.54. The smallest absolute Gasteiger partial charge is 0.241 e. The Bertz CT molecular complexity index is 451.